The van der Waals surface area contributed by atoms with Gasteiger partial charge in [-0.05, 0) is 66.5 Å². The molecule has 0 atom stereocenters. The number of amides is 1. The van der Waals surface area contributed by atoms with E-state index in [-0.39, 0.29) is 17.0 Å². The normalized spacial score (nSPS) is 26.5. The van der Waals surface area contributed by atoms with Crippen LogP contribution in [0.3, 0.4) is 0 Å². The Labute approximate surface area is 128 Å². The summed E-state index contributed by atoms with van der Waals surface area (Å²) in [4.78, 5) is 26.7. The van der Waals surface area contributed by atoms with Crippen LogP contribution in [-0.4, -0.2) is 17.9 Å². The van der Waals surface area contributed by atoms with Crippen molar-refractivity contribution in [1.82, 2.24) is 10.3 Å². The zero-order valence-corrected chi connectivity index (χ0v) is 12.7. The van der Waals surface area contributed by atoms with Crippen molar-refractivity contribution in [2.24, 2.45) is 5.92 Å². The maximum atomic E-state index is 12.1. The third-order valence-electron chi connectivity index (χ3n) is 5.67. The molecule has 1 aromatic heterocycles. The SMILES string of the molecule is CNC(=O)c1cc2ccc(C34CCC(CC3)C4)cc2[nH]c1=O. The van der Waals surface area contributed by atoms with Crippen LogP contribution in [-0.2, 0) is 5.41 Å². The van der Waals surface area contributed by atoms with Crippen molar-refractivity contribution in [3.8, 4) is 0 Å². The average molecular weight is 296 g/mol. The largest absolute Gasteiger partial charge is 0.355 e. The third-order valence-corrected chi connectivity index (χ3v) is 5.67. The first-order valence-corrected chi connectivity index (χ1v) is 8.01. The van der Waals surface area contributed by atoms with E-state index < -0.39 is 0 Å². The molecule has 2 aliphatic carbocycles. The predicted molar refractivity (Wildman–Crippen MR) is 86.2 cm³/mol. The molecule has 2 aliphatic rings. The van der Waals surface area contributed by atoms with Crippen LogP contribution < -0.4 is 10.9 Å². The second-order valence-electron chi connectivity index (χ2n) is 6.82. The van der Waals surface area contributed by atoms with E-state index in [0.29, 0.717) is 5.41 Å². The summed E-state index contributed by atoms with van der Waals surface area (Å²) >= 11 is 0. The Kier molecular flexibility index (Phi) is 2.90. The summed E-state index contributed by atoms with van der Waals surface area (Å²) in [7, 11) is 1.53. The minimum atomic E-state index is -0.347. The molecule has 1 heterocycles. The molecule has 0 saturated heterocycles. The van der Waals surface area contributed by atoms with Crippen LogP contribution in [0, 0.1) is 5.92 Å². The highest BCUT2D eigenvalue weighted by molar-refractivity contribution is 5.97. The number of hydrogen-bond acceptors (Lipinski definition) is 2. The molecule has 2 aromatic rings. The summed E-state index contributed by atoms with van der Waals surface area (Å²) in [5.74, 6) is 0.547. The van der Waals surface area contributed by atoms with Crippen molar-refractivity contribution in [2.75, 3.05) is 7.05 Å². The second kappa shape index (κ2) is 4.70. The summed E-state index contributed by atoms with van der Waals surface area (Å²) in [6, 6.07) is 8.02. The van der Waals surface area contributed by atoms with E-state index in [1.807, 2.05) is 6.07 Å². The summed E-state index contributed by atoms with van der Waals surface area (Å²) < 4.78 is 0. The molecule has 2 N–H and O–H groups in total. The van der Waals surface area contributed by atoms with Crippen LogP contribution in [0.4, 0.5) is 0 Å². The highest BCUT2D eigenvalue weighted by Gasteiger charge is 2.45. The lowest BCUT2D eigenvalue weighted by Crippen LogP contribution is -2.26. The van der Waals surface area contributed by atoms with Gasteiger partial charge in [-0.2, -0.15) is 0 Å². The molecule has 4 rings (SSSR count). The Bertz CT molecular complexity index is 813. The van der Waals surface area contributed by atoms with Crippen molar-refractivity contribution in [3.05, 3.63) is 45.7 Å². The number of pyridine rings is 1. The van der Waals surface area contributed by atoms with Crippen molar-refractivity contribution in [2.45, 2.75) is 37.5 Å². The number of fused-ring (bicyclic) bond motifs is 3. The lowest BCUT2D eigenvalue weighted by atomic mass is 9.77. The number of aromatic amines is 1. The predicted octanol–water partition coefficient (Wildman–Crippen LogP) is 2.72. The van der Waals surface area contributed by atoms with E-state index in [0.717, 1.165) is 16.8 Å². The molecule has 2 bridgehead atoms. The Hall–Kier alpha value is -2.10. The fraction of sp³-hybridized carbons (Fsp3) is 0.444. The molecule has 0 aliphatic heterocycles. The van der Waals surface area contributed by atoms with Crippen LogP contribution >= 0.6 is 0 Å². The van der Waals surface area contributed by atoms with Gasteiger partial charge in [-0.25, -0.2) is 0 Å². The number of H-pyrrole nitrogens is 1. The molecule has 1 amide bonds. The van der Waals surface area contributed by atoms with E-state index in [2.05, 4.69) is 22.4 Å². The van der Waals surface area contributed by atoms with Gasteiger partial charge >= 0.3 is 0 Å². The number of hydrogen-bond donors (Lipinski definition) is 2. The number of rotatable bonds is 2. The maximum Gasteiger partial charge on any atom is 0.261 e. The smallest absolute Gasteiger partial charge is 0.261 e. The molecule has 2 fully saturated rings. The number of benzene rings is 1. The van der Waals surface area contributed by atoms with E-state index in [1.165, 1.54) is 44.7 Å². The minimum Gasteiger partial charge on any atom is -0.355 e. The molecule has 114 valence electrons. The first-order valence-electron chi connectivity index (χ1n) is 8.01. The van der Waals surface area contributed by atoms with Gasteiger partial charge in [-0.1, -0.05) is 12.1 Å². The standard InChI is InChI=1S/C18H20N2O2/c1-19-16(21)14-8-12-2-3-13(9-15(12)20-17(14)22)18-6-4-11(10-18)5-7-18/h2-3,8-9,11H,4-7,10H2,1H3,(H,19,21)(H,20,22). The zero-order chi connectivity index (χ0) is 15.3. The summed E-state index contributed by atoms with van der Waals surface area (Å²) in [5.41, 5.74) is 2.36. The van der Waals surface area contributed by atoms with Gasteiger partial charge in [0.05, 0.1) is 0 Å². The lowest BCUT2D eigenvalue weighted by Gasteiger charge is -2.27. The van der Waals surface area contributed by atoms with Gasteiger partial charge in [0.25, 0.3) is 11.5 Å². The fourth-order valence-electron chi connectivity index (χ4n) is 4.43. The van der Waals surface area contributed by atoms with Crippen LogP contribution in [0.2, 0.25) is 0 Å². The number of aromatic nitrogens is 1. The molecule has 22 heavy (non-hydrogen) atoms. The fourth-order valence-corrected chi connectivity index (χ4v) is 4.43. The topological polar surface area (TPSA) is 62.0 Å². The molecular weight excluding hydrogens is 276 g/mol. The van der Waals surface area contributed by atoms with Gasteiger partial charge in [0, 0.05) is 12.6 Å². The molecular formula is C18H20N2O2. The minimum absolute atomic E-state index is 0.169. The first kappa shape index (κ1) is 13.6. The molecule has 1 aromatic carbocycles. The first-order chi connectivity index (χ1) is 10.6. The Morgan fingerprint density at radius 3 is 2.68 bits per heavy atom. The van der Waals surface area contributed by atoms with Gasteiger partial charge < -0.3 is 10.3 Å². The molecule has 0 radical (unpaired) electrons. The van der Waals surface area contributed by atoms with Gasteiger partial charge in [0.15, 0.2) is 0 Å². The monoisotopic (exact) mass is 296 g/mol. The van der Waals surface area contributed by atoms with Crippen LogP contribution in [0.1, 0.15) is 48.0 Å². The second-order valence-corrected chi connectivity index (χ2v) is 6.82. The Balaban J connectivity index is 1.82. The van der Waals surface area contributed by atoms with Crippen molar-refractivity contribution in [1.29, 1.82) is 0 Å². The quantitative estimate of drug-likeness (QED) is 0.895. The molecule has 4 nitrogen and oxygen atoms in total. The zero-order valence-electron chi connectivity index (χ0n) is 12.7. The van der Waals surface area contributed by atoms with Gasteiger partial charge in [-0.15, -0.1) is 0 Å². The molecule has 2 saturated carbocycles. The van der Waals surface area contributed by atoms with Crippen molar-refractivity contribution in [3.63, 3.8) is 0 Å². The highest BCUT2D eigenvalue weighted by Crippen LogP contribution is 2.55. The molecule has 4 heteroatoms. The number of carbonyl (C=O) groups is 1. The van der Waals surface area contributed by atoms with E-state index in [1.54, 1.807) is 6.07 Å². The van der Waals surface area contributed by atoms with Crippen molar-refractivity contribution >= 4 is 16.8 Å². The molecule has 0 spiro atoms. The summed E-state index contributed by atoms with van der Waals surface area (Å²) in [5, 5.41) is 3.41. The number of nitrogens with one attached hydrogen (secondary N) is 2. The third kappa shape index (κ3) is 1.90. The van der Waals surface area contributed by atoms with Gasteiger partial charge in [-0.3, -0.25) is 9.59 Å². The Morgan fingerprint density at radius 2 is 2.05 bits per heavy atom. The van der Waals surface area contributed by atoms with Crippen molar-refractivity contribution < 1.29 is 4.79 Å². The van der Waals surface area contributed by atoms with Gasteiger partial charge in [0.2, 0.25) is 0 Å². The van der Waals surface area contributed by atoms with Gasteiger partial charge in [0.1, 0.15) is 5.56 Å². The van der Waals surface area contributed by atoms with Crippen LogP contribution in [0.15, 0.2) is 29.1 Å². The average Bonchev–Trinajstić information content (AvgIpc) is 3.15. The Morgan fingerprint density at radius 1 is 1.27 bits per heavy atom. The number of carbonyl (C=O) groups excluding carboxylic acids is 1. The van der Waals surface area contributed by atoms with E-state index in [9.17, 15) is 9.59 Å². The summed E-state index contributed by atoms with van der Waals surface area (Å²) in [6.45, 7) is 0. The lowest BCUT2D eigenvalue weighted by molar-refractivity contribution is 0.0962. The van der Waals surface area contributed by atoms with Crippen LogP contribution in [0.5, 0.6) is 0 Å². The maximum absolute atomic E-state index is 12.1. The highest BCUT2D eigenvalue weighted by atomic mass is 16.2. The van der Waals surface area contributed by atoms with Crippen LogP contribution in [0.25, 0.3) is 10.9 Å². The molecule has 0 unspecified atom stereocenters. The van der Waals surface area contributed by atoms with E-state index >= 15 is 0 Å². The summed E-state index contributed by atoms with van der Waals surface area (Å²) in [6.07, 6.45) is 6.50. The van der Waals surface area contributed by atoms with E-state index in [4.69, 9.17) is 0 Å².